The molecular weight excluding hydrogens is 298 g/mol. The summed E-state index contributed by atoms with van der Waals surface area (Å²) in [6.07, 6.45) is 1.68. The molecule has 4 heteroatoms. The van der Waals surface area contributed by atoms with Gasteiger partial charge in [0.1, 0.15) is 0 Å². The first-order valence-electron chi connectivity index (χ1n) is 3.64. The van der Waals surface area contributed by atoms with Gasteiger partial charge in [0.15, 0.2) is 0 Å². The SMILES string of the molecule is Brc1ccccc1-c1cnoc1Br. The van der Waals surface area contributed by atoms with E-state index in [2.05, 4.69) is 37.0 Å². The minimum absolute atomic E-state index is 0.652. The molecule has 0 bridgehead atoms. The number of halogens is 2. The van der Waals surface area contributed by atoms with Crippen molar-refractivity contribution in [3.05, 3.63) is 39.6 Å². The van der Waals surface area contributed by atoms with Crippen LogP contribution in [0.2, 0.25) is 0 Å². The van der Waals surface area contributed by atoms with Gasteiger partial charge in [-0.25, -0.2) is 0 Å². The maximum Gasteiger partial charge on any atom is 0.209 e. The Kier molecular flexibility index (Phi) is 2.51. The van der Waals surface area contributed by atoms with Gasteiger partial charge in [-0.2, -0.15) is 0 Å². The molecule has 0 radical (unpaired) electrons. The van der Waals surface area contributed by atoms with Crippen molar-refractivity contribution in [3.8, 4) is 11.1 Å². The van der Waals surface area contributed by atoms with Gasteiger partial charge in [-0.1, -0.05) is 39.3 Å². The first-order valence-corrected chi connectivity index (χ1v) is 5.22. The van der Waals surface area contributed by atoms with Crippen LogP contribution in [0.1, 0.15) is 0 Å². The minimum atomic E-state index is 0.652. The van der Waals surface area contributed by atoms with Gasteiger partial charge in [0.2, 0.25) is 4.67 Å². The summed E-state index contributed by atoms with van der Waals surface area (Å²) in [6, 6.07) is 7.92. The summed E-state index contributed by atoms with van der Waals surface area (Å²) in [7, 11) is 0. The highest BCUT2D eigenvalue weighted by Gasteiger charge is 2.09. The number of benzene rings is 1. The van der Waals surface area contributed by atoms with Gasteiger partial charge in [0.25, 0.3) is 0 Å². The fourth-order valence-electron chi connectivity index (χ4n) is 1.08. The van der Waals surface area contributed by atoms with Gasteiger partial charge >= 0.3 is 0 Å². The number of aromatic nitrogens is 1. The van der Waals surface area contributed by atoms with E-state index in [1.165, 1.54) is 0 Å². The highest BCUT2D eigenvalue weighted by molar-refractivity contribution is 9.11. The van der Waals surface area contributed by atoms with Crippen LogP contribution in [0.3, 0.4) is 0 Å². The van der Waals surface area contributed by atoms with Gasteiger partial charge in [-0.05, 0) is 22.0 Å². The molecule has 0 spiro atoms. The first kappa shape index (κ1) is 8.97. The number of rotatable bonds is 1. The Labute approximate surface area is 92.2 Å². The van der Waals surface area contributed by atoms with Crippen molar-refractivity contribution in [1.29, 1.82) is 0 Å². The largest absolute Gasteiger partial charge is 0.349 e. The maximum absolute atomic E-state index is 4.92. The van der Waals surface area contributed by atoms with Crippen LogP contribution in [0.25, 0.3) is 11.1 Å². The number of hydrogen-bond donors (Lipinski definition) is 0. The fraction of sp³-hybridized carbons (Fsp3) is 0. The van der Waals surface area contributed by atoms with E-state index in [-0.39, 0.29) is 0 Å². The smallest absolute Gasteiger partial charge is 0.209 e. The van der Waals surface area contributed by atoms with Gasteiger partial charge in [-0.3, -0.25) is 0 Å². The zero-order valence-electron chi connectivity index (χ0n) is 6.50. The predicted octanol–water partition coefficient (Wildman–Crippen LogP) is 3.87. The van der Waals surface area contributed by atoms with Gasteiger partial charge in [-0.15, -0.1) is 0 Å². The monoisotopic (exact) mass is 301 g/mol. The van der Waals surface area contributed by atoms with Crippen molar-refractivity contribution in [2.45, 2.75) is 0 Å². The standard InChI is InChI=1S/C9H5Br2NO/c10-8-4-2-1-3-6(8)7-5-12-13-9(7)11/h1-5H. The van der Waals surface area contributed by atoms with Crippen molar-refractivity contribution in [3.63, 3.8) is 0 Å². The number of hydrogen-bond acceptors (Lipinski definition) is 2. The molecule has 66 valence electrons. The molecule has 2 aromatic rings. The molecule has 0 aliphatic carbocycles. The molecule has 0 aliphatic rings. The van der Waals surface area contributed by atoms with Crippen molar-refractivity contribution in [2.24, 2.45) is 0 Å². The van der Waals surface area contributed by atoms with Crippen molar-refractivity contribution < 1.29 is 4.52 Å². The molecule has 0 saturated heterocycles. The Morgan fingerprint density at radius 3 is 2.46 bits per heavy atom. The van der Waals surface area contributed by atoms with Crippen LogP contribution in [0.5, 0.6) is 0 Å². The Morgan fingerprint density at radius 1 is 1.08 bits per heavy atom. The van der Waals surface area contributed by atoms with E-state index in [4.69, 9.17) is 4.52 Å². The van der Waals surface area contributed by atoms with E-state index in [1.807, 2.05) is 24.3 Å². The lowest BCUT2D eigenvalue weighted by atomic mass is 10.1. The topological polar surface area (TPSA) is 26.0 Å². The van der Waals surface area contributed by atoms with Crippen molar-refractivity contribution in [2.75, 3.05) is 0 Å². The second-order valence-electron chi connectivity index (χ2n) is 2.49. The summed E-state index contributed by atoms with van der Waals surface area (Å²) >= 11 is 6.75. The lowest BCUT2D eigenvalue weighted by Gasteiger charge is -1.99. The quantitative estimate of drug-likeness (QED) is 0.799. The third-order valence-electron chi connectivity index (χ3n) is 1.69. The van der Waals surface area contributed by atoms with Crippen LogP contribution in [0.4, 0.5) is 0 Å². The summed E-state index contributed by atoms with van der Waals surface area (Å²) in [4.78, 5) is 0. The molecule has 13 heavy (non-hydrogen) atoms. The second kappa shape index (κ2) is 3.64. The zero-order valence-corrected chi connectivity index (χ0v) is 9.67. The zero-order chi connectivity index (χ0) is 9.26. The van der Waals surface area contributed by atoms with E-state index < -0.39 is 0 Å². The van der Waals surface area contributed by atoms with E-state index in [1.54, 1.807) is 6.20 Å². The highest BCUT2D eigenvalue weighted by atomic mass is 79.9. The molecule has 0 aliphatic heterocycles. The lowest BCUT2D eigenvalue weighted by molar-refractivity contribution is 0.400. The third kappa shape index (κ3) is 1.69. The number of nitrogens with zero attached hydrogens (tertiary/aromatic N) is 1. The van der Waals surface area contributed by atoms with E-state index in [0.29, 0.717) is 4.67 Å². The molecule has 2 rings (SSSR count). The Hall–Kier alpha value is -0.610. The van der Waals surface area contributed by atoms with Crippen LogP contribution in [0, 0.1) is 0 Å². The highest BCUT2D eigenvalue weighted by Crippen LogP contribution is 2.32. The normalized spacial score (nSPS) is 10.3. The predicted molar refractivity (Wildman–Crippen MR) is 57.3 cm³/mol. The molecule has 0 fully saturated rings. The summed E-state index contributed by atoms with van der Waals surface area (Å²) in [6.45, 7) is 0. The maximum atomic E-state index is 4.92. The molecular formula is C9H5Br2NO. The van der Waals surface area contributed by atoms with Gasteiger partial charge < -0.3 is 4.52 Å². The molecule has 1 aromatic carbocycles. The fourth-order valence-corrected chi connectivity index (χ4v) is 1.98. The molecule has 1 heterocycles. The lowest BCUT2D eigenvalue weighted by Crippen LogP contribution is -1.76. The summed E-state index contributed by atoms with van der Waals surface area (Å²) in [5.41, 5.74) is 2.02. The Balaban J connectivity index is 2.59. The molecule has 0 saturated carbocycles. The molecule has 2 nitrogen and oxygen atoms in total. The van der Waals surface area contributed by atoms with Gasteiger partial charge in [0.05, 0.1) is 11.8 Å². The molecule has 0 amide bonds. The summed E-state index contributed by atoms with van der Waals surface area (Å²) in [5, 5.41) is 3.70. The molecule has 1 aromatic heterocycles. The molecule has 0 unspecified atom stereocenters. The average Bonchev–Trinajstić information content (AvgIpc) is 2.52. The van der Waals surface area contributed by atoms with Gasteiger partial charge in [0, 0.05) is 10.0 Å². The van der Waals surface area contributed by atoms with Crippen LogP contribution in [-0.4, -0.2) is 5.16 Å². The Morgan fingerprint density at radius 2 is 1.85 bits per heavy atom. The third-order valence-corrected chi connectivity index (χ3v) is 2.95. The molecule has 0 N–H and O–H groups in total. The van der Waals surface area contributed by atoms with Crippen LogP contribution in [0.15, 0.2) is 44.1 Å². The van der Waals surface area contributed by atoms with Crippen LogP contribution >= 0.6 is 31.9 Å². The van der Waals surface area contributed by atoms with Crippen LogP contribution in [-0.2, 0) is 0 Å². The first-order chi connectivity index (χ1) is 6.29. The van der Waals surface area contributed by atoms with Crippen LogP contribution < -0.4 is 0 Å². The summed E-state index contributed by atoms with van der Waals surface area (Å²) in [5.74, 6) is 0. The molecule has 0 atom stereocenters. The summed E-state index contributed by atoms with van der Waals surface area (Å²) < 4.78 is 6.60. The average molecular weight is 303 g/mol. The minimum Gasteiger partial charge on any atom is -0.349 e. The van der Waals surface area contributed by atoms with E-state index in [9.17, 15) is 0 Å². The van der Waals surface area contributed by atoms with Crippen molar-refractivity contribution >= 4 is 31.9 Å². The second-order valence-corrected chi connectivity index (χ2v) is 4.07. The van der Waals surface area contributed by atoms with E-state index in [0.717, 1.165) is 15.6 Å². The van der Waals surface area contributed by atoms with Crippen molar-refractivity contribution in [1.82, 2.24) is 5.16 Å². The Bertz CT molecular complexity index is 425. The van der Waals surface area contributed by atoms with E-state index >= 15 is 0 Å².